The Labute approximate surface area is 135 Å². The van der Waals surface area contributed by atoms with Crippen LogP contribution in [0.2, 0.25) is 0 Å². The first kappa shape index (κ1) is 20.2. The number of amides is 1. The fourth-order valence-electron chi connectivity index (χ4n) is 2.28. The van der Waals surface area contributed by atoms with Gasteiger partial charge in [-0.2, -0.15) is 13.2 Å². The number of aliphatic hydroxyl groups excluding tert-OH is 1. The number of nitrogens with zero attached hydrogens (tertiary/aromatic N) is 2. The fourth-order valence-corrected chi connectivity index (χ4v) is 2.28. The molecular weight excluding hydrogens is 311 g/mol. The third-order valence-corrected chi connectivity index (χ3v) is 4.00. The van der Waals surface area contributed by atoms with Crippen molar-refractivity contribution < 1.29 is 23.1 Å². The second-order valence-corrected chi connectivity index (χ2v) is 7.11. The highest BCUT2D eigenvalue weighted by Gasteiger charge is 2.28. The molecule has 23 heavy (non-hydrogen) atoms. The Hall–Kier alpha value is -0.860. The lowest BCUT2D eigenvalue weighted by Crippen LogP contribution is -2.52. The van der Waals surface area contributed by atoms with Crippen LogP contribution in [-0.4, -0.2) is 78.9 Å². The zero-order valence-electron chi connectivity index (χ0n) is 14.1. The molecule has 1 rings (SSSR count). The van der Waals surface area contributed by atoms with Crippen molar-refractivity contribution in [2.45, 2.75) is 39.5 Å². The van der Waals surface area contributed by atoms with E-state index in [0.29, 0.717) is 32.7 Å². The summed E-state index contributed by atoms with van der Waals surface area (Å²) in [6.45, 7) is 7.91. The molecule has 0 spiro atoms. The highest BCUT2D eigenvalue weighted by atomic mass is 19.4. The second kappa shape index (κ2) is 8.30. The summed E-state index contributed by atoms with van der Waals surface area (Å²) in [5.74, 6) is -0.129. The van der Waals surface area contributed by atoms with Crippen molar-refractivity contribution >= 4 is 5.91 Å². The van der Waals surface area contributed by atoms with Gasteiger partial charge in [-0.05, 0) is 5.41 Å². The van der Waals surface area contributed by atoms with Crippen molar-refractivity contribution in [3.63, 3.8) is 0 Å². The van der Waals surface area contributed by atoms with E-state index < -0.39 is 18.8 Å². The van der Waals surface area contributed by atoms with E-state index in [1.165, 1.54) is 0 Å². The summed E-state index contributed by atoms with van der Waals surface area (Å²) in [4.78, 5) is 15.7. The standard InChI is InChI=1S/C15H28F3N3O2/c1-14(2,3)12(22)10-20-6-8-21(9-7-20)13(23)4-5-19-11-15(16,17)18/h12,19,22H,4-11H2,1-3H3. The van der Waals surface area contributed by atoms with Gasteiger partial charge < -0.3 is 15.3 Å². The van der Waals surface area contributed by atoms with Crippen LogP contribution >= 0.6 is 0 Å². The third-order valence-electron chi connectivity index (χ3n) is 4.00. The van der Waals surface area contributed by atoms with E-state index in [4.69, 9.17) is 0 Å². The molecule has 1 aliphatic rings. The molecule has 1 unspecified atom stereocenters. The summed E-state index contributed by atoms with van der Waals surface area (Å²) in [6, 6.07) is 0. The molecule has 1 fully saturated rings. The van der Waals surface area contributed by atoms with Crippen molar-refractivity contribution in [1.82, 2.24) is 15.1 Å². The molecule has 0 saturated carbocycles. The Morgan fingerprint density at radius 2 is 1.74 bits per heavy atom. The van der Waals surface area contributed by atoms with E-state index in [9.17, 15) is 23.1 Å². The number of hydrogen-bond donors (Lipinski definition) is 2. The van der Waals surface area contributed by atoms with Crippen molar-refractivity contribution in [2.75, 3.05) is 45.8 Å². The first-order valence-electron chi connectivity index (χ1n) is 7.95. The van der Waals surface area contributed by atoms with Crippen molar-refractivity contribution in [2.24, 2.45) is 5.41 Å². The molecular formula is C15H28F3N3O2. The number of carbonyl (C=O) groups is 1. The van der Waals surface area contributed by atoms with E-state index in [1.807, 2.05) is 20.8 Å². The van der Waals surface area contributed by atoms with Gasteiger partial charge in [0.1, 0.15) is 0 Å². The van der Waals surface area contributed by atoms with E-state index in [1.54, 1.807) is 4.90 Å². The summed E-state index contributed by atoms with van der Waals surface area (Å²) in [7, 11) is 0. The quantitative estimate of drug-likeness (QED) is 0.711. The number of aliphatic hydroxyl groups is 1. The van der Waals surface area contributed by atoms with Gasteiger partial charge in [-0.25, -0.2) is 0 Å². The first-order chi connectivity index (χ1) is 10.5. The van der Waals surface area contributed by atoms with Crippen LogP contribution in [-0.2, 0) is 4.79 Å². The Balaban J connectivity index is 2.24. The molecule has 1 saturated heterocycles. The summed E-state index contributed by atoms with van der Waals surface area (Å²) < 4.78 is 35.9. The summed E-state index contributed by atoms with van der Waals surface area (Å²) in [5, 5.41) is 12.3. The van der Waals surface area contributed by atoms with Gasteiger partial charge in [0.15, 0.2) is 0 Å². The highest BCUT2D eigenvalue weighted by molar-refractivity contribution is 5.76. The van der Waals surface area contributed by atoms with Crippen LogP contribution in [0.5, 0.6) is 0 Å². The summed E-state index contributed by atoms with van der Waals surface area (Å²) in [5.41, 5.74) is -0.183. The van der Waals surface area contributed by atoms with Crippen LogP contribution in [0.25, 0.3) is 0 Å². The van der Waals surface area contributed by atoms with Gasteiger partial charge in [0.25, 0.3) is 0 Å². The van der Waals surface area contributed by atoms with Crippen LogP contribution in [0, 0.1) is 5.41 Å². The number of halogens is 3. The van der Waals surface area contributed by atoms with Crippen LogP contribution in [0.1, 0.15) is 27.2 Å². The maximum absolute atomic E-state index is 12.0. The Morgan fingerprint density at radius 1 is 1.17 bits per heavy atom. The molecule has 1 amide bonds. The highest BCUT2D eigenvalue weighted by Crippen LogP contribution is 2.20. The van der Waals surface area contributed by atoms with Gasteiger partial charge in [0.05, 0.1) is 12.6 Å². The van der Waals surface area contributed by atoms with Crippen LogP contribution in [0.3, 0.4) is 0 Å². The number of rotatable bonds is 6. The van der Waals surface area contributed by atoms with Crippen LogP contribution in [0.4, 0.5) is 13.2 Å². The van der Waals surface area contributed by atoms with Gasteiger partial charge in [-0.15, -0.1) is 0 Å². The molecule has 0 aromatic heterocycles. The van der Waals surface area contributed by atoms with Crippen LogP contribution in [0.15, 0.2) is 0 Å². The number of β-amino-alcohol motifs (C(OH)–C–C–N with tert-alkyl or cyclic N) is 1. The minimum Gasteiger partial charge on any atom is -0.391 e. The first-order valence-corrected chi connectivity index (χ1v) is 7.95. The Kier molecular flexibility index (Phi) is 7.29. The number of hydrogen-bond acceptors (Lipinski definition) is 4. The average Bonchev–Trinajstić information content (AvgIpc) is 2.42. The zero-order valence-corrected chi connectivity index (χ0v) is 14.1. The molecule has 5 nitrogen and oxygen atoms in total. The molecule has 0 aromatic carbocycles. The summed E-state index contributed by atoms with van der Waals surface area (Å²) >= 11 is 0. The van der Waals surface area contributed by atoms with E-state index in [-0.39, 0.29) is 24.3 Å². The van der Waals surface area contributed by atoms with Gasteiger partial charge in [-0.1, -0.05) is 20.8 Å². The average molecular weight is 339 g/mol. The molecule has 8 heteroatoms. The third kappa shape index (κ3) is 7.99. The van der Waals surface area contributed by atoms with Crippen LogP contribution < -0.4 is 5.32 Å². The lowest BCUT2D eigenvalue weighted by Gasteiger charge is -2.38. The molecule has 136 valence electrons. The zero-order chi connectivity index (χ0) is 17.7. The molecule has 0 radical (unpaired) electrons. The smallest absolute Gasteiger partial charge is 0.391 e. The summed E-state index contributed by atoms with van der Waals surface area (Å²) in [6.07, 6.45) is -4.61. The number of alkyl halides is 3. The molecule has 1 atom stereocenters. The minimum atomic E-state index is -4.25. The molecule has 1 heterocycles. The molecule has 0 bridgehead atoms. The van der Waals surface area contributed by atoms with Crippen molar-refractivity contribution in [3.05, 3.63) is 0 Å². The predicted molar refractivity (Wildman–Crippen MR) is 82.0 cm³/mol. The van der Waals surface area contributed by atoms with Crippen molar-refractivity contribution in [1.29, 1.82) is 0 Å². The van der Waals surface area contributed by atoms with Gasteiger partial charge in [0, 0.05) is 45.7 Å². The number of nitrogens with one attached hydrogen (secondary N) is 1. The molecule has 2 N–H and O–H groups in total. The minimum absolute atomic E-state index is 0.0291. The molecule has 0 aliphatic carbocycles. The van der Waals surface area contributed by atoms with Gasteiger partial charge >= 0.3 is 6.18 Å². The lowest BCUT2D eigenvalue weighted by molar-refractivity contribution is -0.134. The number of piperazine rings is 1. The van der Waals surface area contributed by atoms with E-state index >= 15 is 0 Å². The fraction of sp³-hybridized carbons (Fsp3) is 0.933. The topological polar surface area (TPSA) is 55.8 Å². The molecule has 1 aliphatic heterocycles. The van der Waals surface area contributed by atoms with Gasteiger partial charge in [-0.3, -0.25) is 9.69 Å². The SMILES string of the molecule is CC(C)(C)C(O)CN1CCN(C(=O)CCNCC(F)(F)F)CC1. The molecule has 0 aromatic rings. The van der Waals surface area contributed by atoms with Crippen molar-refractivity contribution in [3.8, 4) is 0 Å². The Morgan fingerprint density at radius 3 is 2.22 bits per heavy atom. The Bertz CT molecular complexity index is 375. The second-order valence-electron chi connectivity index (χ2n) is 7.11. The maximum Gasteiger partial charge on any atom is 0.401 e. The predicted octanol–water partition coefficient (Wildman–Crippen LogP) is 1.08. The normalized spacial score (nSPS) is 19.0. The monoisotopic (exact) mass is 339 g/mol. The number of carbonyl (C=O) groups excluding carboxylic acids is 1. The van der Waals surface area contributed by atoms with Gasteiger partial charge in [0.2, 0.25) is 5.91 Å². The largest absolute Gasteiger partial charge is 0.401 e. The maximum atomic E-state index is 12.0. The van der Waals surface area contributed by atoms with E-state index in [0.717, 1.165) is 0 Å². The lowest BCUT2D eigenvalue weighted by atomic mass is 9.89. The van der Waals surface area contributed by atoms with E-state index in [2.05, 4.69) is 10.2 Å².